The predicted molar refractivity (Wildman–Crippen MR) is 78.1 cm³/mol. The third kappa shape index (κ3) is 5.14. The minimum Gasteiger partial charge on any atom is -0.349 e. The molecule has 0 bridgehead atoms. The second-order valence-electron chi connectivity index (χ2n) is 5.57. The fourth-order valence-electron chi connectivity index (χ4n) is 1.49. The summed E-state index contributed by atoms with van der Waals surface area (Å²) in [5.74, 6) is -0.385. The normalized spacial score (nSPS) is 12.8. The molecule has 0 aliphatic heterocycles. The van der Waals surface area contributed by atoms with E-state index in [4.69, 9.17) is 5.73 Å². The van der Waals surface area contributed by atoms with Gasteiger partial charge in [0.1, 0.15) is 11.7 Å². The van der Waals surface area contributed by atoms with Crippen molar-refractivity contribution in [3.05, 3.63) is 11.9 Å². The van der Waals surface area contributed by atoms with Crippen LogP contribution in [-0.4, -0.2) is 38.9 Å². The maximum atomic E-state index is 12.2. The Morgan fingerprint density at radius 2 is 2.14 bits per heavy atom. The third-order valence-electron chi connectivity index (χ3n) is 3.33. The maximum absolute atomic E-state index is 12.2. The summed E-state index contributed by atoms with van der Waals surface area (Å²) >= 11 is 0. The fourth-order valence-corrected chi connectivity index (χ4v) is 1.49. The summed E-state index contributed by atoms with van der Waals surface area (Å²) in [6, 6.07) is -0.470. The molecule has 21 heavy (non-hydrogen) atoms. The first-order valence-electron chi connectivity index (χ1n) is 6.98. The summed E-state index contributed by atoms with van der Waals surface area (Å²) < 4.78 is 1.48. The molecule has 0 spiro atoms. The van der Waals surface area contributed by atoms with E-state index in [0.29, 0.717) is 5.69 Å². The van der Waals surface area contributed by atoms with Crippen LogP contribution in [-0.2, 0) is 16.1 Å². The first kappa shape index (κ1) is 17.1. The molecule has 1 heterocycles. The lowest BCUT2D eigenvalue weighted by Gasteiger charge is -2.26. The number of nitrogens with two attached hydrogens (primary N) is 1. The first-order chi connectivity index (χ1) is 9.79. The fraction of sp³-hybridized carbons (Fsp3) is 0.692. The molecule has 0 saturated heterocycles. The van der Waals surface area contributed by atoms with Gasteiger partial charge in [-0.05, 0) is 27.2 Å². The van der Waals surface area contributed by atoms with Crippen LogP contribution in [0.2, 0.25) is 0 Å². The second-order valence-corrected chi connectivity index (χ2v) is 5.57. The van der Waals surface area contributed by atoms with E-state index in [-0.39, 0.29) is 30.4 Å². The lowest BCUT2D eigenvalue weighted by molar-refractivity contribution is -0.126. The zero-order valence-corrected chi connectivity index (χ0v) is 13.0. The number of hydrogen-bond acceptors (Lipinski definition) is 5. The highest BCUT2D eigenvalue weighted by Crippen LogP contribution is 2.11. The Morgan fingerprint density at radius 3 is 2.71 bits per heavy atom. The van der Waals surface area contributed by atoms with Crippen LogP contribution in [0.1, 0.15) is 45.9 Å². The van der Waals surface area contributed by atoms with Crippen molar-refractivity contribution in [3.8, 4) is 0 Å². The van der Waals surface area contributed by atoms with E-state index in [2.05, 4.69) is 20.9 Å². The van der Waals surface area contributed by atoms with Crippen molar-refractivity contribution in [2.75, 3.05) is 6.54 Å². The van der Waals surface area contributed by atoms with Crippen molar-refractivity contribution in [3.63, 3.8) is 0 Å². The van der Waals surface area contributed by atoms with Gasteiger partial charge in [-0.15, -0.1) is 5.10 Å². The van der Waals surface area contributed by atoms with E-state index >= 15 is 0 Å². The summed E-state index contributed by atoms with van der Waals surface area (Å²) in [6.07, 6.45) is 2.47. The van der Waals surface area contributed by atoms with E-state index < -0.39 is 6.04 Å². The van der Waals surface area contributed by atoms with E-state index in [1.54, 1.807) is 13.1 Å². The molecule has 0 aromatic carbocycles. The molecular formula is C13H24N6O2. The van der Waals surface area contributed by atoms with Gasteiger partial charge in [0, 0.05) is 5.54 Å². The third-order valence-corrected chi connectivity index (χ3v) is 3.33. The van der Waals surface area contributed by atoms with Crippen molar-refractivity contribution < 1.29 is 9.59 Å². The first-order valence-corrected chi connectivity index (χ1v) is 6.98. The molecule has 0 saturated carbocycles. The minimum absolute atomic E-state index is 0.0704. The van der Waals surface area contributed by atoms with Crippen molar-refractivity contribution in [1.82, 2.24) is 25.6 Å². The average molecular weight is 296 g/mol. The number of aromatic nitrogens is 3. The summed E-state index contributed by atoms with van der Waals surface area (Å²) in [7, 11) is 0. The van der Waals surface area contributed by atoms with Crippen LogP contribution in [0.5, 0.6) is 0 Å². The number of nitrogens with one attached hydrogen (secondary N) is 2. The van der Waals surface area contributed by atoms with Crippen molar-refractivity contribution >= 4 is 11.8 Å². The molecule has 1 rings (SSSR count). The SMILES string of the molecule is CCC(C)(C)NC(=O)C(C)n1cc(CNC(=O)CN)nn1. The zero-order valence-electron chi connectivity index (χ0n) is 13.0. The van der Waals surface area contributed by atoms with Crippen LogP contribution >= 0.6 is 0 Å². The zero-order chi connectivity index (χ0) is 16.0. The Hall–Kier alpha value is -1.96. The van der Waals surface area contributed by atoms with Crippen molar-refractivity contribution in [2.45, 2.75) is 52.2 Å². The van der Waals surface area contributed by atoms with Gasteiger partial charge in [0.15, 0.2) is 0 Å². The van der Waals surface area contributed by atoms with Crippen LogP contribution in [0, 0.1) is 0 Å². The molecule has 8 nitrogen and oxygen atoms in total. The Balaban J connectivity index is 2.63. The van der Waals surface area contributed by atoms with E-state index in [1.165, 1.54) is 4.68 Å². The van der Waals surface area contributed by atoms with Gasteiger partial charge in [0.25, 0.3) is 0 Å². The highest BCUT2D eigenvalue weighted by Gasteiger charge is 2.23. The van der Waals surface area contributed by atoms with Crippen LogP contribution in [0.15, 0.2) is 6.20 Å². The minimum atomic E-state index is -0.470. The summed E-state index contributed by atoms with van der Waals surface area (Å²) in [5.41, 5.74) is 5.51. The molecular weight excluding hydrogens is 272 g/mol. The summed E-state index contributed by atoms with van der Waals surface area (Å²) in [4.78, 5) is 23.2. The van der Waals surface area contributed by atoms with Gasteiger partial charge in [0.05, 0.1) is 19.3 Å². The lowest BCUT2D eigenvalue weighted by atomic mass is 10.0. The maximum Gasteiger partial charge on any atom is 0.245 e. The van der Waals surface area contributed by atoms with Gasteiger partial charge in [-0.2, -0.15) is 0 Å². The molecule has 1 aromatic heterocycles. The van der Waals surface area contributed by atoms with Gasteiger partial charge < -0.3 is 16.4 Å². The monoisotopic (exact) mass is 296 g/mol. The van der Waals surface area contributed by atoms with Gasteiger partial charge >= 0.3 is 0 Å². The molecule has 1 atom stereocenters. The molecule has 0 aliphatic carbocycles. The van der Waals surface area contributed by atoms with Crippen molar-refractivity contribution in [2.24, 2.45) is 5.73 Å². The number of rotatable bonds is 7. The van der Waals surface area contributed by atoms with Gasteiger partial charge in [-0.25, -0.2) is 4.68 Å². The van der Waals surface area contributed by atoms with E-state index in [0.717, 1.165) is 6.42 Å². The quantitative estimate of drug-likeness (QED) is 0.640. The molecule has 0 fully saturated rings. The van der Waals surface area contributed by atoms with Gasteiger partial charge in [-0.3, -0.25) is 9.59 Å². The van der Waals surface area contributed by atoms with Crippen LogP contribution < -0.4 is 16.4 Å². The molecule has 2 amide bonds. The highest BCUT2D eigenvalue weighted by atomic mass is 16.2. The molecule has 1 aromatic rings. The molecule has 0 radical (unpaired) electrons. The van der Waals surface area contributed by atoms with Gasteiger partial charge in [-0.1, -0.05) is 12.1 Å². The number of nitrogens with zero attached hydrogens (tertiary/aromatic N) is 3. The van der Waals surface area contributed by atoms with Crippen LogP contribution in [0.4, 0.5) is 0 Å². The standard InChI is InChI=1S/C13H24N6O2/c1-5-13(3,4)16-12(21)9(2)19-8-10(17-18-19)7-15-11(20)6-14/h8-9H,5-7,14H2,1-4H3,(H,15,20)(H,16,21). The van der Waals surface area contributed by atoms with Crippen LogP contribution in [0.25, 0.3) is 0 Å². The van der Waals surface area contributed by atoms with Gasteiger partial charge in [0.2, 0.25) is 11.8 Å². The number of amides is 2. The predicted octanol–water partition coefficient (Wildman–Crippen LogP) is -0.281. The summed E-state index contributed by atoms with van der Waals surface area (Å²) in [6.45, 7) is 7.86. The molecule has 118 valence electrons. The Morgan fingerprint density at radius 1 is 1.48 bits per heavy atom. The second kappa shape index (κ2) is 7.16. The molecule has 0 aliphatic rings. The Bertz CT molecular complexity index is 497. The number of hydrogen-bond donors (Lipinski definition) is 3. The molecule has 4 N–H and O–H groups in total. The van der Waals surface area contributed by atoms with E-state index in [1.807, 2.05) is 20.8 Å². The molecule has 8 heteroatoms. The largest absolute Gasteiger partial charge is 0.349 e. The molecule has 1 unspecified atom stereocenters. The summed E-state index contributed by atoms with van der Waals surface area (Å²) in [5, 5.41) is 13.4. The number of carbonyl (C=O) groups excluding carboxylic acids is 2. The highest BCUT2D eigenvalue weighted by molar-refractivity contribution is 5.80. The van der Waals surface area contributed by atoms with Crippen LogP contribution in [0.3, 0.4) is 0 Å². The Labute approximate surface area is 124 Å². The Kier molecular flexibility index (Phi) is 5.83. The smallest absolute Gasteiger partial charge is 0.245 e. The topological polar surface area (TPSA) is 115 Å². The number of carbonyl (C=O) groups is 2. The lowest BCUT2D eigenvalue weighted by Crippen LogP contribution is -2.45. The average Bonchev–Trinajstić information content (AvgIpc) is 2.92. The van der Waals surface area contributed by atoms with Crippen molar-refractivity contribution in [1.29, 1.82) is 0 Å². The van der Waals surface area contributed by atoms with E-state index in [9.17, 15) is 9.59 Å².